The van der Waals surface area contributed by atoms with E-state index in [0.717, 1.165) is 19.0 Å². The number of methoxy groups -OCH3 is 1. The summed E-state index contributed by atoms with van der Waals surface area (Å²) in [5, 5.41) is 0. The van der Waals surface area contributed by atoms with Crippen LogP contribution in [-0.2, 0) is 14.2 Å². The molecule has 19 heavy (non-hydrogen) atoms. The van der Waals surface area contributed by atoms with E-state index in [1.165, 1.54) is 5.57 Å². The van der Waals surface area contributed by atoms with Crippen LogP contribution in [0.15, 0.2) is 11.3 Å². The first kappa shape index (κ1) is 18.5. The van der Waals surface area contributed by atoms with E-state index in [2.05, 4.69) is 34.6 Å². The van der Waals surface area contributed by atoms with Gasteiger partial charge < -0.3 is 14.2 Å². The molecule has 1 unspecified atom stereocenters. The normalized spacial score (nSPS) is 24.6. The summed E-state index contributed by atoms with van der Waals surface area (Å²) in [6.07, 6.45) is 0.498. The molecule has 3 heteroatoms. The third kappa shape index (κ3) is 8.27. The molecule has 114 valence electrons. The van der Waals surface area contributed by atoms with Crippen molar-refractivity contribution in [2.24, 2.45) is 5.41 Å². The van der Waals surface area contributed by atoms with Crippen molar-refractivity contribution in [3.05, 3.63) is 11.3 Å². The monoisotopic (exact) mass is 272 g/mol. The van der Waals surface area contributed by atoms with Gasteiger partial charge in [-0.05, 0) is 47.1 Å². The van der Waals surface area contributed by atoms with Crippen LogP contribution < -0.4 is 0 Å². The zero-order chi connectivity index (χ0) is 15.3. The number of ether oxygens (including phenoxy) is 3. The topological polar surface area (TPSA) is 31.0 Å². The van der Waals surface area contributed by atoms with Crippen LogP contribution in [0.4, 0.5) is 0 Å². The quantitative estimate of drug-likeness (QED) is 0.530. The van der Waals surface area contributed by atoms with Crippen molar-refractivity contribution < 1.29 is 14.2 Å². The lowest BCUT2D eigenvalue weighted by molar-refractivity contribution is -0.0892. The number of allylic oxidation sites excluding steroid dienone is 2. The molecular formula is C16H32O3. The molecule has 0 amide bonds. The molecule has 0 aromatic rings. The Kier molecular flexibility index (Phi) is 7.09. The molecule has 0 aromatic carbocycles. The third-order valence-electron chi connectivity index (χ3n) is 3.40. The Labute approximate surface area is 119 Å². The highest BCUT2D eigenvalue weighted by atomic mass is 16.6. The van der Waals surface area contributed by atoms with Crippen LogP contribution >= 0.6 is 0 Å². The van der Waals surface area contributed by atoms with Gasteiger partial charge in [0, 0.05) is 5.41 Å². The van der Waals surface area contributed by atoms with Gasteiger partial charge in [0.05, 0.1) is 37.8 Å². The molecule has 1 atom stereocenters. The lowest BCUT2D eigenvalue weighted by Gasteiger charge is -2.33. The second-order valence-electron chi connectivity index (χ2n) is 6.78. The molecule has 3 nitrogen and oxygen atoms in total. The van der Waals surface area contributed by atoms with Crippen molar-refractivity contribution in [2.45, 2.75) is 67.1 Å². The molecule has 0 bridgehead atoms. The number of hydrogen-bond donors (Lipinski definition) is 0. The predicted octanol–water partition coefficient (Wildman–Crippen LogP) is 4.17. The first-order valence-electron chi connectivity index (χ1n) is 6.95. The Morgan fingerprint density at radius 3 is 1.37 bits per heavy atom. The van der Waals surface area contributed by atoms with E-state index >= 15 is 0 Å². The summed E-state index contributed by atoms with van der Waals surface area (Å²) >= 11 is 0. The minimum atomic E-state index is 0.208. The van der Waals surface area contributed by atoms with Crippen molar-refractivity contribution in [3.63, 3.8) is 0 Å². The van der Waals surface area contributed by atoms with Gasteiger partial charge in [0.15, 0.2) is 0 Å². The smallest absolute Gasteiger partial charge is 0.0910 e. The van der Waals surface area contributed by atoms with Crippen LogP contribution in [0.5, 0.6) is 0 Å². The molecular weight excluding hydrogens is 240 g/mol. The molecule has 2 saturated heterocycles. The molecule has 2 rings (SSSR count). The zero-order valence-electron chi connectivity index (χ0n) is 14.2. The van der Waals surface area contributed by atoms with Gasteiger partial charge in [-0.2, -0.15) is 0 Å². The van der Waals surface area contributed by atoms with Crippen molar-refractivity contribution >= 4 is 0 Å². The number of epoxide rings is 1. The van der Waals surface area contributed by atoms with Gasteiger partial charge in [0.25, 0.3) is 0 Å². The average molecular weight is 272 g/mol. The summed E-state index contributed by atoms with van der Waals surface area (Å²) in [6, 6.07) is 0. The maximum atomic E-state index is 5.10. The maximum Gasteiger partial charge on any atom is 0.0910 e. The Morgan fingerprint density at radius 1 is 1.05 bits per heavy atom. The highest BCUT2D eigenvalue weighted by Gasteiger charge is 2.43. The van der Waals surface area contributed by atoms with Gasteiger partial charge in [-0.25, -0.2) is 0 Å². The molecule has 2 aliphatic rings. The van der Waals surface area contributed by atoms with E-state index < -0.39 is 0 Å². The van der Waals surface area contributed by atoms with E-state index in [1.807, 2.05) is 20.8 Å². The summed E-state index contributed by atoms with van der Waals surface area (Å²) in [6.45, 7) is 18.6. The van der Waals surface area contributed by atoms with E-state index in [-0.39, 0.29) is 5.60 Å². The SMILES string of the molecule is CC1(C)COC1.CC1OC1(C)C.COC(C)=C(C)C. The largest absolute Gasteiger partial charge is 0.501 e. The fourth-order valence-corrected chi connectivity index (χ4v) is 1.14. The second kappa shape index (κ2) is 7.30. The van der Waals surface area contributed by atoms with Crippen LogP contribution in [-0.4, -0.2) is 32.0 Å². The van der Waals surface area contributed by atoms with E-state index in [0.29, 0.717) is 11.5 Å². The first-order chi connectivity index (χ1) is 8.52. The number of hydrogen-bond acceptors (Lipinski definition) is 3. The second-order valence-corrected chi connectivity index (χ2v) is 6.78. The van der Waals surface area contributed by atoms with E-state index in [1.54, 1.807) is 7.11 Å². The van der Waals surface area contributed by atoms with Crippen molar-refractivity contribution in [1.82, 2.24) is 0 Å². The Balaban J connectivity index is 0.000000256. The summed E-state index contributed by atoms with van der Waals surface area (Å²) in [5.41, 5.74) is 1.95. The highest BCUT2D eigenvalue weighted by Crippen LogP contribution is 2.33. The average Bonchev–Trinajstić information content (AvgIpc) is 2.82. The molecule has 2 fully saturated rings. The number of rotatable bonds is 1. The minimum absolute atomic E-state index is 0.208. The fraction of sp³-hybridized carbons (Fsp3) is 0.875. The fourth-order valence-electron chi connectivity index (χ4n) is 1.14. The molecule has 2 aliphatic heterocycles. The molecule has 0 spiro atoms. The molecule has 0 saturated carbocycles. The summed E-state index contributed by atoms with van der Waals surface area (Å²) in [4.78, 5) is 0. The van der Waals surface area contributed by atoms with Gasteiger partial charge in [-0.15, -0.1) is 0 Å². The van der Waals surface area contributed by atoms with Crippen molar-refractivity contribution in [3.8, 4) is 0 Å². The Hall–Kier alpha value is -0.540. The van der Waals surface area contributed by atoms with Crippen molar-refractivity contribution in [1.29, 1.82) is 0 Å². The predicted molar refractivity (Wildman–Crippen MR) is 80.3 cm³/mol. The van der Waals surface area contributed by atoms with Crippen LogP contribution in [0.1, 0.15) is 55.4 Å². The van der Waals surface area contributed by atoms with Crippen LogP contribution in [0.25, 0.3) is 0 Å². The Bertz CT molecular complexity index is 286. The van der Waals surface area contributed by atoms with E-state index in [4.69, 9.17) is 14.2 Å². The lowest BCUT2D eigenvalue weighted by Crippen LogP contribution is -2.36. The molecule has 0 aromatic heterocycles. The van der Waals surface area contributed by atoms with Gasteiger partial charge in [-0.1, -0.05) is 13.8 Å². The van der Waals surface area contributed by atoms with E-state index in [9.17, 15) is 0 Å². The third-order valence-corrected chi connectivity index (χ3v) is 3.40. The van der Waals surface area contributed by atoms with Crippen molar-refractivity contribution in [2.75, 3.05) is 20.3 Å². The standard InChI is InChI=1S/C6H12O.2C5H10O/c1-5(2)6(3)7-4;1-5(2)3-6-4-5;1-4-5(2,3)6-4/h1-4H3;3-4H2,1-2H3;4H,1-3H3. The molecule has 0 N–H and O–H groups in total. The summed E-state index contributed by atoms with van der Waals surface area (Å²) in [7, 11) is 1.68. The van der Waals surface area contributed by atoms with Gasteiger partial charge in [0.1, 0.15) is 0 Å². The molecule has 0 aliphatic carbocycles. The summed E-state index contributed by atoms with van der Waals surface area (Å²) < 4.78 is 14.9. The highest BCUT2D eigenvalue weighted by molar-refractivity contribution is 4.98. The van der Waals surface area contributed by atoms with Gasteiger partial charge >= 0.3 is 0 Å². The molecule has 0 radical (unpaired) electrons. The first-order valence-corrected chi connectivity index (χ1v) is 6.95. The lowest BCUT2D eigenvalue weighted by atomic mass is 9.92. The van der Waals surface area contributed by atoms with Gasteiger partial charge in [0.2, 0.25) is 0 Å². The zero-order valence-corrected chi connectivity index (χ0v) is 14.2. The van der Waals surface area contributed by atoms with Crippen LogP contribution in [0.2, 0.25) is 0 Å². The van der Waals surface area contributed by atoms with Crippen LogP contribution in [0.3, 0.4) is 0 Å². The Morgan fingerprint density at radius 2 is 1.37 bits per heavy atom. The van der Waals surface area contributed by atoms with Crippen LogP contribution in [0, 0.1) is 5.41 Å². The minimum Gasteiger partial charge on any atom is -0.501 e. The maximum absolute atomic E-state index is 5.10. The molecule has 2 heterocycles. The van der Waals surface area contributed by atoms with Gasteiger partial charge in [-0.3, -0.25) is 0 Å². The summed E-state index contributed by atoms with van der Waals surface area (Å²) in [5.74, 6) is 1.01.